The van der Waals surface area contributed by atoms with Crippen molar-refractivity contribution < 1.29 is 14.3 Å². The minimum absolute atomic E-state index is 0.0419. The SMILES string of the molecule is COc1ccccc1N1CCN(C(=O)C2CC2)C(C)C1=O. The van der Waals surface area contributed by atoms with Gasteiger partial charge in [0.05, 0.1) is 12.8 Å². The van der Waals surface area contributed by atoms with Crippen molar-refractivity contribution in [3.05, 3.63) is 24.3 Å². The Kier molecular flexibility index (Phi) is 3.57. The number of nitrogens with zero attached hydrogens (tertiary/aromatic N) is 2. The van der Waals surface area contributed by atoms with Crippen LogP contribution < -0.4 is 9.64 Å². The first-order valence-electron chi connectivity index (χ1n) is 7.38. The number of hydrogen-bond donors (Lipinski definition) is 0. The fourth-order valence-corrected chi connectivity index (χ4v) is 2.83. The summed E-state index contributed by atoms with van der Waals surface area (Å²) in [7, 11) is 1.60. The first kappa shape index (κ1) is 13.9. The molecule has 1 saturated carbocycles. The summed E-state index contributed by atoms with van der Waals surface area (Å²) >= 11 is 0. The lowest BCUT2D eigenvalue weighted by molar-refractivity contribution is -0.141. The lowest BCUT2D eigenvalue weighted by Crippen LogP contribution is -2.58. The second kappa shape index (κ2) is 5.39. The number of hydrogen-bond acceptors (Lipinski definition) is 3. The van der Waals surface area contributed by atoms with Crippen LogP contribution in [0, 0.1) is 5.92 Å². The number of carbonyl (C=O) groups excluding carboxylic acids is 2. The molecular weight excluding hydrogens is 268 g/mol. The topological polar surface area (TPSA) is 49.9 Å². The van der Waals surface area contributed by atoms with E-state index in [4.69, 9.17) is 4.74 Å². The molecule has 1 aliphatic carbocycles. The molecule has 21 heavy (non-hydrogen) atoms. The molecule has 1 aromatic rings. The number of carbonyl (C=O) groups is 2. The lowest BCUT2D eigenvalue weighted by Gasteiger charge is -2.39. The van der Waals surface area contributed by atoms with Gasteiger partial charge in [-0.3, -0.25) is 9.59 Å². The maximum atomic E-state index is 12.6. The summed E-state index contributed by atoms with van der Waals surface area (Å²) in [6.07, 6.45) is 1.93. The van der Waals surface area contributed by atoms with Gasteiger partial charge in [-0.1, -0.05) is 12.1 Å². The number of methoxy groups -OCH3 is 1. The van der Waals surface area contributed by atoms with E-state index in [0.29, 0.717) is 18.8 Å². The Morgan fingerprint density at radius 3 is 2.62 bits per heavy atom. The van der Waals surface area contributed by atoms with Gasteiger partial charge in [0.1, 0.15) is 11.8 Å². The van der Waals surface area contributed by atoms with E-state index in [2.05, 4.69) is 0 Å². The number of amides is 2. The zero-order valence-electron chi connectivity index (χ0n) is 12.4. The van der Waals surface area contributed by atoms with Gasteiger partial charge in [-0.15, -0.1) is 0 Å². The predicted octanol–water partition coefficient (Wildman–Crippen LogP) is 1.67. The molecule has 0 aromatic heterocycles. The molecule has 2 fully saturated rings. The van der Waals surface area contributed by atoms with Gasteiger partial charge in [-0.2, -0.15) is 0 Å². The van der Waals surface area contributed by atoms with Crippen molar-refractivity contribution in [1.82, 2.24) is 4.90 Å². The van der Waals surface area contributed by atoms with Gasteiger partial charge in [0.15, 0.2) is 0 Å². The average Bonchev–Trinajstić information content (AvgIpc) is 3.34. The van der Waals surface area contributed by atoms with Gasteiger partial charge in [0.2, 0.25) is 11.8 Å². The first-order chi connectivity index (χ1) is 10.1. The Bertz CT molecular complexity index is 568. The monoisotopic (exact) mass is 288 g/mol. The summed E-state index contributed by atoms with van der Waals surface area (Å²) < 4.78 is 5.33. The normalized spacial score (nSPS) is 22.4. The molecule has 1 heterocycles. The Morgan fingerprint density at radius 1 is 1.24 bits per heavy atom. The van der Waals surface area contributed by atoms with E-state index in [-0.39, 0.29) is 17.7 Å². The van der Waals surface area contributed by atoms with E-state index in [1.54, 1.807) is 16.9 Å². The molecule has 2 amide bonds. The summed E-state index contributed by atoms with van der Waals surface area (Å²) in [5.41, 5.74) is 0.773. The Balaban J connectivity index is 1.81. The molecule has 0 N–H and O–H groups in total. The van der Waals surface area contributed by atoms with Crippen molar-refractivity contribution in [2.24, 2.45) is 5.92 Å². The number of anilines is 1. The van der Waals surface area contributed by atoms with E-state index in [1.807, 2.05) is 31.2 Å². The van der Waals surface area contributed by atoms with Crippen molar-refractivity contribution in [1.29, 1.82) is 0 Å². The van der Waals surface area contributed by atoms with Gasteiger partial charge >= 0.3 is 0 Å². The Hall–Kier alpha value is -2.04. The Morgan fingerprint density at radius 2 is 1.95 bits per heavy atom. The van der Waals surface area contributed by atoms with Crippen LogP contribution in [-0.4, -0.2) is 43.0 Å². The largest absolute Gasteiger partial charge is 0.495 e. The molecule has 0 radical (unpaired) electrons. The molecule has 0 spiro atoms. The highest BCUT2D eigenvalue weighted by Gasteiger charge is 2.41. The van der Waals surface area contributed by atoms with E-state index < -0.39 is 6.04 Å². The molecule has 0 bridgehead atoms. The zero-order valence-corrected chi connectivity index (χ0v) is 12.4. The second-order valence-electron chi connectivity index (χ2n) is 5.64. The first-order valence-corrected chi connectivity index (χ1v) is 7.38. The number of benzene rings is 1. The highest BCUT2D eigenvalue weighted by atomic mass is 16.5. The molecule has 2 aliphatic rings. The Labute approximate surface area is 124 Å². The van der Waals surface area contributed by atoms with Gasteiger partial charge < -0.3 is 14.5 Å². The molecule has 1 saturated heterocycles. The number of rotatable bonds is 3. The van der Waals surface area contributed by atoms with Gasteiger partial charge in [0.25, 0.3) is 0 Å². The molecule has 1 atom stereocenters. The van der Waals surface area contributed by atoms with E-state index in [1.165, 1.54) is 0 Å². The van der Waals surface area contributed by atoms with Crippen LogP contribution in [0.3, 0.4) is 0 Å². The number of para-hydroxylation sites is 2. The quantitative estimate of drug-likeness (QED) is 0.850. The van der Waals surface area contributed by atoms with Crippen LogP contribution in [0.2, 0.25) is 0 Å². The zero-order chi connectivity index (χ0) is 15.0. The van der Waals surface area contributed by atoms with Crippen molar-refractivity contribution in [2.75, 3.05) is 25.1 Å². The lowest BCUT2D eigenvalue weighted by atomic mass is 10.1. The number of ether oxygens (including phenoxy) is 1. The second-order valence-corrected chi connectivity index (χ2v) is 5.64. The summed E-state index contributed by atoms with van der Waals surface area (Å²) in [6, 6.07) is 7.08. The highest BCUT2D eigenvalue weighted by molar-refractivity contribution is 6.01. The third kappa shape index (κ3) is 2.48. The summed E-state index contributed by atoms with van der Waals surface area (Å²) in [5, 5.41) is 0. The van der Waals surface area contributed by atoms with Crippen molar-refractivity contribution >= 4 is 17.5 Å². The van der Waals surface area contributed by atoms with E-state index >= 15 is 0 Å². The smallest absolute Gasteiger partial charge is 0.249 e. The minimum atomic E-state index is -0.406. The van der Waals surface area contributed by atoms with Crippen LogP contribution >= 0.6 is 0 Å². The summed E-state index contributed by atoms with van der Waals surface area (Å²) in [5.74, 6) is 0.924. The molecule has 1 unspecified atom stereocenters. The van der Waals surface area contributed by atoms with Crippen LogP contribution in [-0.2, 0) is 9.59 Å². The van der Waals surface area contributed by atoms with Gasteiger partial charge in [-0.25, -0.2) is 0 Å². The third-order valence-corrected chi connectivity index (χ3v) is 4.24. The summed E-state index contributed by atoms with van der Waals surface area (Å²) in [6.45, 7) is 2.91. The van der Waals surface area contributed by atoms with Gasteiger partial charge in [-0.05, 0) is 31.9 Å². The summed E-state index contributed by atoms with van der Waals surface area (Å²) in [4.78, 5) is 28.3. The highest BCUT2D eigenvalue weighted by Crippen LogP contribution is 2.34. The maximum Gasteiger partial charge on any atom is 0.249 e. The van der Waals surface area contributed by atoms with Crippen LogP contribution in [0.15, 0.2) is 24.3 Å². The minimum Gasteiger partial charge on any atom is -0.495 e. The molecule has 1 aliphatic heterocycles. The maximum absolute atomic E-state index is 12.6. The fourth-order valence-electron chi connectivity index (χ4n) is 2.83. The van der Waals surface area contributed by atoms with Crippen LogP contribution in [0.4, 0.5) is 5.69 Å². The van der Waals surface area contributed by atoms with Gasteiger partial charge in [0, 0.05) is 19.0 Å². The van der Waals surface area contributed by atoms with E-state index in [9.17, 15) is 9.59 Å². The van der Waals surface area contributed by atoms with Crippen molar-refractivity contribution in [3.8, 4) is 5.75 Å². The fraction of sp³-hybridized carbons (Fsp3) is 0.500. The third-order valence-electron chi connectivity index (χ3n) is 4.24. The van der Waals surface area contributed by atoms with E-state index in [0.717, 1.165) is 18.5 Å². The molecule has 112 valence electrons. The van der Waals surface area contributed by atoms with Crippen LogP contribution in [0.5, 0.6) is 5.75 Å². The molecule has 5 heteroatoms. The number of piperazine rings is 1. The van der Waals surface area contributed by atoms with Crippen molar-refractivity contribution in [3.63, 3.8) is 0 Å². The van der Waals surface area contributed by atoms with Crippen molar-refractivity contribution in [2.45, 2.75) is 25.8 Å². The molecule has 5 nitrogen and oxygen atoms in total. The molecule has 3 rings (SSSR count). The predicted molar refractivity (Wildman–Crippen MR) is 79.2 cm³/mol. The average molecular weight is 288 g/mol. The molecular formula is C16H20N2O3. The van der Waals surface area contributed by atoms with Crippen LogP contribution in [0.1, 0.15) is 19.8 Å². The van der Waals surface area contributed by atoms with Crippen LogP contribution in [0.25, 0.3) is 0 Å². The standard InChI is InChI=1S/C16H20N2O3/c1-11-15(19)18(13-5-3-4-6-14(13)21-2)10-9-17(11)16(20)12-7-8-12/h3-6,11-12H,7-10H2,1-2H3. The molecule has 1 aromatic carbocycles.